The predicted octanol–water partition coefficient (Wildman–Crippen LogP) is 4.68. The third-order valence-electron chi connectivity index (χ3n) is 7.12. The molecule has 0 aliphatic carbocycles. The Morgan fingerprint density at radius 3 is 2.22 bits per heavy atom. The predicted molar refractivity (Wildman–Crippen MR) is 161 cm³/mol. The van der Waals surface area contributed by atoms with Crippen molar-refractivity contribution in [2.45, 2.75) is 53.0 Å². The van der Waals surface area contributed by atoms with Gasteiger partial charge in [-0.2, -0.15) is 0 Å². The van der Waals surface area contributed by atoms with Crippen LogP contribution in [-0.4, -0.2) is 60.9 Å². The lowest BCUT2D eigenvalue weighted by atomic mass is 9.70. The number of halogens is 1. The average molecular weight is 582 g/mol. The Kier molecular flexibility index (Phi) is 12.4. The van der Waals surface area contributed by atoms with Crippen LogP contribution in [0.5, 0.6) is 0 Å². The average Bonchev–Trinajstić information content (AvgIpc) is 2.95. The molecule has 1 heterocycles. The van der Waals surface area contributed by atoms with Gasteiger partial charge >= 0.3 is 5.97 Å². The lowest BCUT2D eigenvalue weighted by Crippen LogP contribution is -2.55. The lowest BCUT2D eigenvalue weighted by Gasteiger charge is -2.45. The number of benzene rings is 2. The van der Waals surface area contributed by atoms with E-state index < -0.39 is 23.8 Å². The molecule has 1 fully saturated rings. The maximum absolute atomic E-state index is 13.6. The van der Waals surface area contributed by atoms with Crippen LogP contribution < -0.4 is 10.6 Å². The molecule has 2 aromatic carbocycles. The number of carbonyl (C=O) groups is 4. The molecule has 0 saturated carbocycles. The van der Waals surface area contributed by atoms with Crippen molar-refractivity contribution in [3.63, 3.8) is 0 Å². The number of nitrogens with zero attached hydrogens (tertiary/aromatic N) is 1. The van der Waals surface area contributed by atoms with Crippen LogP contribution in [0.3, 0.4) is 0 Å². The first-order valence-corrected chi connectivity index (χ1v) is 14.0. The van der Waals surface area contributed by atoms with E-state index in [2.05, 4.69) is 49.5 Å². The summed E-state index contributed by atoms with van der Waals surface area (Å²) in [5, 5.41) is 6.07. The van der Waals surface area contributed by atoms with Crippen LogP contribution in [-0.2, 0) is 14.3 Å². The molecule has 1 aliphatic rings. The fourth-order valence-electron chi connectivity index (χ4n) is 5.06. The van der Waals surface area contributed by atoms with E-state index in [0.29, 0.717) is 18.1 Å². The number of rotatable bonds is 9. The molecule has 41 heavy (non-hydrogen) atoms. The minimum absolute atomic E-state index is 0.121. The van der Waals surface area contributed by atoms with Crippen molar-refractivity contribution >= 4 is 35.3 Å². The van der Waals surface area contributed by atoms with Gasteiger partial charge in [0.05, 0.1) is 6.61 Å². The number of carbonyl (C=O) groups excluding carboxylic acids is 4. The standard InChI is InChI=1S/C30H38ClN3O5.C2H2/c1-6-39-25(35)17-32-27(36)21-8-7-9-22(16-21)28(37)33-26(19(2)3)29(38)34-15-14-24(30(4,5)18-34)20-10-12-23(31)13-11-20;1-2/h7-13,16,19,24,26H,6,14-15,17-18H2,1-5H3,(H,32,36)(H,33,37);1-2H. The largest absolute Gasteiger partial charge is 0.465 e. The number of likely N-dealkylation sites (tertiary alicyclic amines) is 1. The number of terminal acetylenes is 1. The summed E-state index contributed by atoms with van der Waals surface area (Å²) in [6.07, 6.45) is 8.81. The van der Waals surface area contributed by atoms with Gasteiger partial charge in [-0.25, -0.2) is 0 Å². The fraction of sp³-hybridized carbons (Fsp3) is 0.438. The Labute approximate surface area is 248 Å². The summed E-state index contributed by atoms with van der Waals surface area (Å²) in [4.78, 5) is 52.7. The van der Waals surface area contributed by atoms with Crippen molar-refractivity contribution in [2.24, 2.45) is 11.3 Å². The SMILES string of the molecule is C#C.CCOC(=O)CNC(=O)c1cccc(C(=O)NC(C(=O)N2CCC(c3ccc(Cl)cc3)C(C)(C)C2)C(C)C)c1. The van der Waals surface area contributed by atoms with E-state index in [1.165, 1.54) is 11.6 Å². The van der Waals surface area contributed by atoms with E-state index in [1.807, 2.05) is 30.9 Å². The Morgan fingerprint density at radius 1 is 1.05 bits per heavy atom. The number of esters is 1. The Morgan fingerprint density at radius 2 is 1.66 bits per heavy atom. The second kappa shape index (κ2) is 15.2. The van der Waals surface area contributed by atoms with Crippen LogP contribution in [0.15, 0.2) is 48.5 Å². The first-order chi connectivity index (χ1) is 19.4. The van der Waals surface area contributed by atoms with Crippen molar-refractivity contribution in [1.82, 2.24) is 15.5 Å². The molecule has 2 unspecified atom stereocenters. The minimum atomic E-state index is -0.721. The van der Waals surface area contributed by atoms with E-state index in [0.717, 1.165) is 6.42 Å². The molecule has 9 heteroatoms. The molecule has 1 saturated heterocycles. The van der Waals surface area contributed by atoms with Gasteiger partial charge in [-0.1, -0.05) is 57.5 Å². The van der Waals surface area contributed by atoms with E-state index in [4.69, 9.17) is 16.3 Å². The molecule has 3 rings (SSSR count). The molecule has 0 spiro atoms. The zero-order valence-corrected chi connectivity index (χ0v) is 25.2. The van der Waals surface area contributed by atoms with E-state index in [9.17, 15) is 19.2 Å². The number of ether oxygens (including phenoxy) is 1. The third-order valence-corrected chi connectivity index (χ3v) is 7.37. The quantitative estimate of drug-likeness (QED) is 0.330. The molecule has 1 aliphatic heterocycles. The number of amides is 3. The van der Waals surface area contributed by atoms with Crippen molar-refractivity contribution in [3.8, 4) is 12.8 Å². The topological polar surface area (TPSA) is 105 Å². The summed E-state index contributed by atoms with van der Waals surface area (Å²) in [7, 11) is 0. The van der Waals surface area contributed by atoms with Crippen LogP contribution in [0.4, 0.5) is 0 Å². The summed E-state index contributed by atoms with van der Waals surface area (Å²) in [6, 6.07) is 13.3. The summed E-state index contributed by atoms with van der Waals surface area (Å²) in [5.41, 5.74) is 1.51. The highest BCUT2D eigenvalue weighted by molar-refractivity contribution is 6.30. The maximum Gasteiger partial charge on any atom is 0.325 e. The fourth-order valence-corrected chi connectivity index (χ4v) is 5.19. The Balaban J connectivity index is 0.00000287. The monoisotopic (exact) mass is 581 g/mol. The van der Waals surface area contributed by atoms with Crippen molar-refractivity contribution in [2.75, 3.05) is 26.2 Å². The molecule has 2 atom stereocenters. The van der Waals surface area contributed by atoms with Crippen molar-refractivity contribution in [3.05, 3.63) is 70.2 Å². The molecule has 0 bridgehead atoms. The molecule has 0 radical (unpaired) electrons. The molecule has 8 nitrogen and oxygen atoms in total. The Hall–Kier alpha value is -3.83. The first-order valence-electron chi connectivity index (χ1n) is 13.6. The van der Waals surface area contributed by atoms with Gasteiger partial charge < -0.3 is 20.3 Å². The highest BCUT2D eigenvalue weighted by atomic mass is 35.5. The minimum Gasteiger partial charge on any atom is -0.465 e. The highest BCUT2D eigenvalue weighted by Crippen LogP contribution is 2.42. The van der Waals surface area contributed by atoms with Gasteiger partial charge in [-0.3, -0.25) is 19.2 Å². The van der Waals surface area contributed by atoms with E-state index in [-0.39, 0.29) is 47.4 Å². The lowest BCUT2D eigenvalue weighted by molar-refractivity contribution is -0.141. The maximum atomic E-state index is 13.6. The van der Waals surface area contributed by atoms with Gasteiger partial charge in [0.1, 0.15) is 12.6 Å². The van der Waals surface area contributed by atoms with Crippen LogP contribution in [0, 0.1) is 24.2 Å². The van der Waals surface area contributed by atoms with Gasteiger partial charge in [-0.05, 0) is 66.5 Å². The number of hydrogen-bond donors (Lipinski definition) is 2. The van der Waals surface area contributed by atoms with Gasteiger partial charge in [0.25, 0.3) is 11.8 Å². The van der Waals surface area contributed by atoms with Crippen LogP contribution in [0.1, 0.15) is 73.2 Å². The summed E-state index contributed by atoms with van der Waals surface area (Å²) < 4.78 is 4.82. The summed E-state index contributed by atoms with van der Waals surface area (Å²) in [6.45, 7) is 10.9. The molecular formula is C32H40ClN3O5. The van der Waals surface area contributed by atoms with Crippen molar-refractivity contribution < 1.29 is 23.9 Å². The van der Waals surface area contributed by atoms with Crippen LogP contribution in [0.2, 0.25) is 5.02 Å². The molecule has 220 valence electrons. The summed E-state index contributed by atoms with van der Waals surface area (Å²) in [5.74, 6) is -1.47. The van der Waals surface area contributed by atoms with E-state index in [1.54, 1.807) is 25.1 Å². The molecule has 2 N–H and O–H groups in total. The van der Waals surface area contributed by atoms with Gasteiger partial charge in [0.15, 0.2) is 0 Å². The smallest absolute Gasteiger partial charge is 0.325 e. The molecular weight excluding hydrogens is 542 g/mol. The number of hydrogen-bond acceptors (Lipinski definition) is 5. The van der Waals surface area contributed by atoms with Gasteiger partial charge in [-0.15, -0.1) is 12.8 Å². The van der Waals surface area contributed by atoms with Crippen molar-refractivity contribution in [1.29, 1.82) is 0 Å². The number of nitrogens with one attached hydrogen (secondary N) is 2. The van der Waals surface area contributed by atoms with E-state index >= 15 is 0 Å². The number of piperidine rings is 1. The second-order valence-corrected chi connectivity index (χ2v) is 11.3. The van der Waals surface area contributed by atoms with Crippen LogP contribution >= 0.6 is 11.6 Å². The third kappa shape index (κ3) is 9.09. The second-order valence-electron chi connectivity index (χ2n) is 10.9. The molecule has 2 aromatic rings. The molecule has 0 aromatic heterocycles. The van der Waals surface area contributed by atoms with Gasteiger partial charge in [0.2, 0.25) is 5.91 Å². The first kappa shape index (κ1) is 33.4. The van der Waals surface area contributed by atoms with Gasteiger partial charge in [0, 0.05) is 29.2 Å². The normalized spacial score (nSPS) is 16.5. The zero-order chi connectivity index (χ0) is 30.7. The van der Waals surface area contributed by atoms with Crippen LogP contribution in [0.25, 0.3) is 0 Å². The Bertz CT molecular complexity index is 1240. The highest BCUT2D eigenvalue weighted by Gasteiger charge is 2.40. The molecule has 3 amide bonds. The zero-order valence-electron chi connectivity index (χ0n) is 24.4. The summed E-state index contributed by atoms with van der Waals surface area (Å²) >= 11 is 6.07.